The van der Waals surface area contributed by atoms with Crippen LogP contribution < -0.4 is 0 Å². The van der Waals surface area contributed by atoms with Gasteiger partial charge in [-0.3, -0.25) is 37.3 Å². The van der Waals surface area contributed by atoms with Gasteiger partial charge in [-0.05, 0) is 37.5 Å². The molecule has 0 radical (unpaired) electrons. The highest BCUT2D eigenvalue weighted by Gasteiger charge is 2.30. The van der Waals surface area contributed by atoms with Crippen LogP contribution in [0.15, 0.2) is 0 Å². The van der Waals surface area contributed by atoms with Gasteiger partial charge in [0.25, 0.3) is 0 Å². The molecule has 105 heavy (non-hydrogen) atoms. The molecule has 6 atom stereocenters. The van der Waals surface area contributed by atoms with Gasteiger partial charge in [0.1, 0.15) is 19.3 Å². The molecule has 17 nitrogen and oxygen atoms in total. The van der Waals surface area contributed by atoms with Crippen molar-refractivity contribution in [3.05, 3.63) is 0 Å². The van der Waals surface area contributed by atoms with Crippen LogP contribution in [0.3, 0.4) is 0 Å². The van der Waals surface area contributed by atoms with Gasteiger partial charge in [-0.25, -0.2) is 9.13 Å². The average Bonchev–Trinajstić information content (AvgIpc) is 0.903. The molecule has 19 heteroatoms. The van der Waals surface area contributed by atoms with E-state index in [1.165, 1.54) is 276 Å². The molecule has 0 rings (SSSR count). The summed E-state index contributed by atoms with van der Waals surface area (Å²) < 4.78 is 68.9. The first-order valence-corrected chi connectivity index (χ1v) is 47.5. The number of carbonyl (C=O) groups excluding carboxylic acids is 4. The monoisotopic (exact) mass is 1540 g/mol. The summed E-state index contributed by atoms with van der Waals surface area (Å²) in [6, 6.07) is 0. The van der Waals surface area contributed by atoms with Crippen molar-refractivity contribution in [2.45, 2.75) is 477 Å². The SMILES string of the molecule is CCCCCCCCCCCCCCCCCCCCC(=O)OC[C@H](COP(=O)(O)OC[C@@H](O)COP(=O)(O)OC[C@@H](COC(=O)CCCCCCCCCCCCCC)OC(=O)CCCCCCCCCCCCCCCCC(C)C)OC(=O)CCCCCCCCCCCCCCCCC(C)CC. The maximum absolute atomic E-state index is 13.1. The summed E-state index contributed by atoms with van der Waals surface area (Å²) in [5, 5.41) is 10.7. The van der Waals surface area contributed by atoms with E-state index >= 15 is 0 Å². The lowest BCUT2D eigenvalue weighted by molar-refractivity contribution is -0.161. The predicted molar refractivity (Wildman–Crippen MR) is 432 cm³/mol. The molecule has 0 saturated heterocycles. The number of aliphatic hydroxyl groups is 1. The van der Waals surface area contributed by atoms with E-state index in [2.05, 4.69) is 41.5 Å². The van der Waals surface area contributed by atoms with Gasteiger partial charge in [0, 0.05) is 25.7 Å². The third kappa shape index (κ3) is 78.5. The lowest BCUT2D eigenvalue weighted by atomic mass is 9.99. The molecule has 0 fully saturated rings. The molecule has 0 bridgehead atoms. The second-order valence-electron chi connectivity index (χ2n) is 31.6. The molecule has 0 aromatic rings. The van der Waals surface area contributed by atoms with Crippen molar-refractivity contribution in [2.24, 2.45) is 11.8 Å². The largest absolute Gasteiger partial charge is 0.472 e. The summed E-state index contributed by atoms with van der Waals surface area (Å²) in [7, 11) is -9.93. The van der Waals surface area contributed by atoms with Crippen LogP contribution in [0.4, 0.5) is 0 Å². The smallest absolute Gasteiger partial charge is 0.462 e. The van der Waals surface area contributed by atoms with Crippen molar-refractivity contribution in [2.75, 3.05) is 39.6 Å². The van der Waals surface area contributed by atoms with E-state index in [9.17, 15) is 43.2 Å². The fourth-order valence-electron chi connectivity index (χ4n) is 13.4. The fraction of sp³-hybridized carbons (Fsp3) is 0.953. The molecule has 624 valence electrons. The van der Waals surface area contributed by atoms with Crippen LogP contribution in [0, 0.1) is 11.8 Å². The molecule has 0 heterocycles. The van der Waals surface area contributed by atoms with Crippen LogP contribution in [0.2, 0.25) is 0 Å². The van der Waals surface area contributed by atoms with E-state index in [1.54, 1.807) is 0 Å². The van der Waals surface area contributed by atoms with Gasteiger partial charge in [0.15, 0.2) is 12.2 Å². The molecule has 0 aromatic carbocycles. The Morgan fingerprint density at radius 1 is 0.276 bits per heavy atom. The lowest BCUT2D eigenvalue weighted by Gasteiger charge is -2.21. The Morgan fingerprint density at radius 3 is 0.724 bits per heavy atom. The molecule has 0 aliphatic carbocycles. The number of hydrogen-bond acceptors (Lipinski definition) is 15. The van der Waals surface area contributed by atoms with E-state index < -0.39 is 97.5 Å². The van der Waals surface area contributed by atoms with Gasteiger partial charge in [0.05, 0.1) is 26.4 Å². The van der Waals surface area contributed by atoms with Crippen LogP contribution in [0.5, 0.6) is 0 Å². The minimum atomic E-state index is -4.97. The quantitative estimate of drug-likeness (QED) is 0.0222. The molecule has 0 aliphatic rings. The van der Waals surface area contributed by atoms with Gasteiger partial charge < -0.3 is 33.8 Å². The van der Waals surface area contributed by atoms with Crippen LogP contribution in [0.25, 0.3) is 0 Å². The second kappa shape index (κ2) is 77.4. The standard InChI is InChI=1S/C86H168O17P2/c1-7-10-12-14-16-18-20-22-23-24-25-26-33-39-45-51-57-63-69-84(89)97-75-82(103-86(91)71-65-59-53-47-41-35-30-28-32-37-43-49-55-61-67-79(6)9-3)77-101-105(94,95)99-73-80(87)72-98-104(92,93)100-76-81(74-96-83(88)68-62-56-50-44-38-21-19-17-15-13-11-8-2)102-85(90)70-64-58-52-46-40-34-29-27-31-36-42-48-54-60-66-78(4)5/h78-82,87H,7-77H2,1-6H3,(H,92,93)(H,94,95)/t79?,80-,81+,82+/m0/s1. The minimum Gasteiger partial charge on any atom is -0.462 e. The Kier molecular flexibility index (Phi) is 76.0. The Bertz CT molecular complexity index is 2010. The van der Waals surface area contributed by atoms with Crippen molar-refractivity contribution in [1.82, 2.24) is 0 Å². The summed E-state index contributed by atoms with van der Waals surface area (Å²) in [5.41, 5.74) is 0. The number of phosphoric acid groups is 2. The molecule has 0 amide bonds. The van der Waals surface area contributed by atoms with Gasteiger partial charge in [-0.15, -0.1) is 0 Å². The van der Waals surface area contributed by atoms with Crippen LogP contribution in [-0.2, 0) is 65.4 Å². The molecular formula is C86H168O17P2. The van der Waals surface area contributed by atoms with Crippen molar-refractivity contribution in [1.29, 1.82) is 0 Å². The van der Waals surface area contributed by atoms with Gasteiger partial charge in [-0.1, -0.05) is 408 Å². The summed E-state index contributed by atoms with van der Waals surface area (Å²) >= 11 is 0. The highest BCUT2D eigenvalue weighted by Crippen LogP contribution is 2.45. The van der Waals surface area contributed by atoms with E-state index in [0.29, 0.717) is 25.7 Å². The van der Waals surface area contributed by atoms with E-state index in [0.717, 1.165) is 102 Å². The molecular weight excluding hydrogens is 1370 g/mol. The molecule has 3 N–H and O–H groups in total. The van der Waals surface area contributed by atoms with E-state index in [-0.39, 0.29) is 25.7 Å². The number of aliphatic hydroxyl groups excluding tert-OH is 1. The Labute approximate surface area is 645 Å². The van der Waals surface area contributed by atoms with Gasteiger partial charge in [-0.2, -0.15) is 0 Å². The Hall–Kier alpha value is -1.94. The number of unbranched alkanes of at least 4 members (excludes halogenated alkanes) is 54. The topological polar surface area (TPSA) is 237 Å². The number of hydrogen-bond donors (Lipinski definition) is 3. The molecule has 0 spiro atoms. The van der Waals surface area contributed by atoms with Crippen molar-refractivity contribution in [3.8, 4) is 0 Å². The normalized spacial score (nSPS) is 14.1. The van der Waals surface area contributed by atoms with Crippen LogP contribution in [0.1, 0.15) is 459 Å². The summed E-state index contributed by atoms with van der Waals surface area (Å²) in [4.78, 5) is 73.3. The third-order valence-electron chi connectivity index (χ3n) is 20.6. The Morgan fingerprint density at radius 2 is 0.486 bits per heavy atom. The number of ether oxygens (including phenoxy) is 4. The number of phosphoric ester groups is 2. The lowest BCUT2D eigenvalue weighted by Crippen LogP contribution is -2.30. The molecule has 3 unspecified atom stereocenters. The summed E-state index contributed by atoms with van der Waals surface area (Å²) in [5.74, 6) is -0.458. The Balaban J connectivity index is 5.26. The van der Waals surface area contributed by atoms with Crippen molar-refractivity contribution >= 4 is 39.5 Å². The van der Waals surface area contributed by atoms with Gasteiger partial charge in [0.2, 0.25) is 0 Å². The zero-order chi connectivity index (χ0) is 77.1. The first-order chi connectivity index (χ1) is 50.9. The first-order valence-electron chi connectivity index (χ1n) is 44.5. The fourth-order valence-corrected chi connectivity index (χ4v) is 15.0. The molecule has 0 aromatic heterocycles. The maximum atomic E-state index is 13.1. The van der Waals surface area contributed by atoms with Crippen molar-refractivity contribution in [3.63, 3.8) is 0 Å². The van der Waals surface area contributed by atoms with E-state index in [1.807, 2.05) is 0 Å². The number of rotatable bonds is 85. The zero-order valence-corrected chi connectivity index (χ0v) is 70.8. The maximum Gasteiger partial charge on any atom is 0.472 e. The highest BCUT2D eigenvalue weighted by atomic mass is 31.2. The minimum absolute atomic E-state index is 0.108. The van der Waals surface area contributed by atoms with Crippen molar-refractivity contribution < 1.29 is 80.2 Å². The second-order valence-corrected chi connectivity index (χ2v) is 34.6. The number of esters is 4. The summed E-state index contributed by atoms with van der Waals surface area (Å²) in [6.07, 6.45) is 69.2. The summed E-state index contributed by atoms with van der Waals surface area (Å²) in [6.45, 7) is 9.75. The number of carbonyl (C=O) groups is 4. The van der Waals surface area contributed by atoms with E-state index in [4.69, 9.17) is 37.0 Å². The first kappa shape index (κ1) is 103. The van der Waals surface area contributed by atoms with Crippen LogP contribution in [-0.4, -0.2) is 96.7 Å². The zero-order valence-electron chi connectivity index (χ0n) is 69.0. The molecule has 0 aliphatic heterocycles. The third-order valence-corrected chi connectivity index (χ3v) is 22.5. The average molecular weight is 1540 g/mol. The van der Waals surface area contributed by atoms with Gasteiger partial charge >= 0.3 is 39.5 Å². The highest BCUT2D eigenvalue weighted by molar-refractivity contribution is 7.47. The van der Waals surface area contributed by atoms with Crippen LogP contribution >= 0.6 is 15.6 Å². The predicted octanol–water partition coefficient (Wildman–Crippen LogP) is 26.2. The molecule has 0 saturated carbocycles.